The lowest BCUT2D eigenvalue weighted by Crippen LogP contribution is -2.36. The van der Waals surface area contributed by atoms with Crippen molar-refractivity contribution in [3.8, 4) is 0 Å². The first-order chi connectivity index (χ1) is 9.58. The maximum absolute atomic E-state index is 11.9. The van der Waals surface area contributed by atoms with E-state index in [1.54, 1.807) is 41.4 Å². The smallest absolute Gasteiger partial charge is 0.253 e. The fourth-order valence-electron chi connectivity index (χ4n) is 1.92. The summed E-state index contributed by atoms with van der Waals surface area (Å²) in [5, 5.41) is 2.75. The Morgan fingerprint density at radius 2 is 2.15 bits per heavy atom. The van der Waals surface area contributed by atoms with Crippen molar-refractivity contribution in [3.63, 3.8) is 0 Å². The number of para-hydroxylation sites is 1. The maximum Gasteiger partial charge on any atom is 0.253 e. The summed E-state index contributed by atoms with van der Waals surface area (Å²) in [6, 6.07) is 6.88. The van der Waals surface area contributed by atoms with Crippen LogP contribution in [0.1, 0.15) is 16.8 Å². The fraction of sp³-hybridized carbons (Fsp3) is 0.200. The first-order valence-electron chi connectivity index (χ1n) is 6.36. The van der Waals surface area contributed by atoms with Crippen molar-refractivity contribution in [3.05, 3.63) is 54.3 Å². The van der Waals surface area contributed by atoms with Crippen LogP contribution in [0.15, 0.2) is 48.7 Å². The van der Waals surface area contributed by atoms with Gasteiger partial charge in [0, 0.05) is 25.0 Å². The SMILES string of the molecule is C=C1C=CN(CCNC(=O)c2ccccc2N)C(=O)C1. The molecule has 5 nitrogen and oxygen atoms in total. The largest absolute Gasteiger partial charge is 0.398 e. The number of nitrogen functional groups attached to an aromatic ring is 1. The van der Waals surface area contributed by atoms with Gasteiger partial charge in [-0.05, 0) is 23.8 Å². The lowest BCUT2D eigenvalue weighted by Gasteiger charge is -2.22. The summed E-state index contributed by atoms with van der Waals surface area (Å²) in [6.07, 6.45) is 3.83. The Morgan fingerprint density at radius 3 is 2.85 bits per heavy atom. The first-order valence-corrected chi connectivity index (χ1v) is 6.36. The molecule has 2 amide bonds. The third-order valence-electron chi connectivity index (χ3n) is 3.03. The number of allylic oxidation sites excluding steroid dienone is 1. The summed E-state index contributed by atoms with van der Waals surface area (Å²) in [5.74, 6) is -0.244. The minimum absolute atomic E-state index is 0.00836. The topological polar surface area (TPSA) is 75.4 Å². The molecule has 1 aliphatic rings. The molecular formula is C15H17N3O2. The molecule has 1 heterocycles. The number of nitrogens with one attached hydrogen (secondary N) is 1. The number of rotatable bonds is 4. The van der Waals surface area contributed by atoms with Gasteiger partial charge < -0.3 is 16.0 Å². The van der Waals surface area contributed by atoms with Crippen LogP contribution >= 0.6 is 0 Å². The Kier molecular flexibility index (Phi) is 4.20. The second kappa shape index (κ2) is 6.06. The van der Waals surface area contributed by atoms with Gasteiger partial charge >= 0.3 is 0 Å². The molecule has 5 heteroatoms. The van der Waals surface area contributed by atoms with E-state index in [1.165, 1.54) is 0 Å². The molecule has 0 bridgehead atoms. The van der Waals surface area contributed by atoms with Gasteiger partial charge in [-0.2, -0.15) is 0 Å². The van der Waals surface area contributed by atoms with Gasteiger partial charge in [0.25, 0.3) is 5.91 Å². The van der Waals surface area contributed by atoms with Crippen LogP contribution in [0.5, 0.6) is 0 Å². The lowest BCUT2D eigenvalue weighted by molar-refractivity contribution is -0.128. The average Bonchev–Trinajstić information content (AvgIpc) is 2.41. The van der Waals surface area contributed by atoms with Gasteiger partial charge in [-0.25, -0.2) is 0 Å². The molecule has 0 radical (unpaired) electrons. The number of carbonyl (C=O) groups excluding carboxylic acids is 2. The van der Waals surface area contributed by atoms with Crippen molar-refractivity contribution in [1.82, 2.24) is 10.2 Å². The van der Waals surface area contributed by atoms with Crippen LogP contribution in [0.25, 0.3) is 0 Å². The molecule has 1 aliphatic heterocycles. The molecule has 1 aromatic carbocycles. The van der Waals surface area contributed by atoms with E-state index in [0.29, 0.717) is 30.8 Å². The summed E-state index contributed by atoms with van der Waals surface area (Å²) < 4.78 is 0. The number of hydrogen-bond acceptors (Lipinski definition) is 3. The monoisotopic (exact) mass is 271 g/mol. The maximum atomic E-state index is 11.9. The van der Waals surface area contributed by atoms with Crippen LogP contribution in [-0.2, 0) is 4.79 Å². The third-order valence-corrected chi connectivity index (χ3v) is 3.03. The van der Waals surface area contributed by atoms with Crippen LogP contribution in [0, 0.1) is 0 Å². The minimum atomic E-state index is -0.235. The van der Waals surface area contributed by atoms with Crippen LogP contribution in [-0.4, -0.2) is 29.8 Å². The standard InChI is InChI=1S/C15H17N3O2/c1-11-6-8-18(14(19)10-11)9-7-17-15(20)12-4-2-3-5-13(12)16/h2-6,8H,1,7,9-10,16H2,(H,17,20). The molecule has 0 atom stereocenters. The van der Waals surface area contributed by atoms with Crippen molar-refractivity contribution >= 4 is 17.5 Å². The highest BCUT2D eigenvalue weighted by molar-refractivity contribution is 5.99. The highest BCUT2D eigenvalue weighted by Gasteiger charge is 2.16. The molecule has 1 aromatic rings. The van der Waals surface area contributed by atoms with E-state index in [-0.39, 0.29) is 11.8 Å². The van der Waals surface area contributed by atoms with Crippen molar-refractivity contribution < 1.29 is 9.59 Å². The van der Waals surface area contributed by atoms with Crippen molar-refractivity contribution in [1.29, 1.82) is 0 Å². The summed E-state index contributed by atoms with van der Waals surface area (Å²) in [5.41, 5.74) is 7.41. The van der Waals surface area contributed by atoms with Gasteiger partial charge in [0.05, 0.1) is 12.0 Å². The van der Waals surface area contributed by atoms with E-state index < -0.39 is 0 Å². The molecule has 2 rings (SSSR count). The number of nitrogens with zero attached hydrogens (tertiary/aromatic N) is 1. The number of benzene rings is 1. The van der Waals surface area contributed by atoms with Crippen molar-refractivity contribution in [2.24, 2.45) is 0 Å². The van der Waals surface area contributed by atoms with E-state index in [2.05, 4.69) is 11.9 Å². The normalized spacial score (nSPS) is 14.5. The second-order valence-electron chi connectivity index (χ2n) is 4.58. The van der Waals surface area contributed by atoms with Crippen molar-refractivity contribution in [2.45, 2.75) is 6.42 Å². The Hall–Kier alpha value is -2.56. The van der Waals surface area contributed by atoms with E-state index >= 15 is 0 Å². The van der Waals surface area contributed by atoms with Gasteiger partial charge in [0.2, 0.25) is 5.91 Å². The number of hydrogen-bond donors (Lipinski definition) is 2. The molecule has 0 unspecified atom stereocenters. The third kappa shape index (κ3) is 3.26. The fourth-order valence-corrected chi connectivity index (χ4v) is 1.92. The molecular weight excluding hydrogens is 254 g/mol. The molecule has 0 spiro atoms. The summed E-state index contributed by atoms with van der Waals surface area (Å²) >= 11 is 0. The lowest BCUT2D eigenvalue weighted by atomic mass is 10.1. The second-order valence-corrected chi connectivity index (χ2v) is 4.58. The number of amides is 2. The molecule has 0 aromatic heterocycles. The van der Waals surface area contributed by atoms with Gasteiger partial charge in [-0.3, -0.25) is 9.59 Å². The van der Waals surface area contributed by atoms with Crippen LogP contribution in [0.3, 0.4) is 0 Å². The Balaban J connectivity index is 1.86. The van der Waals surface area contributed by atoms with Gasteiger partial charge in [0.15, 0.2) is 0 Å². The zero-order chi connectivity index (χ0) is 14.5. The van der Waals surface area contributed by atoms with Gasteiger partial charge in [-0.1, -0.05) is 18.7 Å². The van der Waals surface area contributed by atoms with Gasteiger partial charge in [-0.15, -0.1) is 0 Å². The molecule has 0 saturated heterocycles. The van der Waals surface area contributed by atoms with E-state index in [1.807, 2.05) is 0 Å². The molecule has 104 valence electrons. The Labute approximate surface area is 117 Å². The summed E-state index contributed by atoms with van der Waals surface area (Å²) in [4.78, 5) is 25.2. The molecule has 0 fully saturated rings. The number of anilines is 1. The highest BCUT2D eigenvalue weighted by Crippen LogP contribution is 2.12. The first kappa shape index (κ1) is 13.9. The molecule has 0 saturated carbocycles. The molecule has 0 aliphatic carbocycles. The predicted molar refractivity (Wildman–Crippen MR) is 77.8 cm³/mol. The number of nitrogens with two attached hydrogens (primary N) is 1. The quantitative estimate of drug-likeness (QED) is 0.810. The van der Waals surface area contributed by atoms with Crippen LogP contribution < -0.4 is 11.1 Å². The number of carbonyl (C=O) groups is 2. The van der Waals surface area contributed by atoms with Crippen molar-refractivity contribution in [2.75, 3.05) is 18.8 Å². The zero-order valence-corrected chi connectivity index (χ0v) is 11.1. The zero-order valence-electron chi connectivity index (χ0n) is 11.1. The highest BCUT2D eigenvalue weighted by atomic mass is 16.2. The minimum Gasteiger partial charge on any atom is -0.398 e. The Morgan fingerprint density at radius 1 is 1.40 bits per heavy atom. The summed E-state index contributed by atoms with van der Waals surface area (Å²) in [7, 11) is 0. The van der Waals surface area contributed by atoms with Crippen LogP contribution in [0.2, 0.25) is 0 Å². The average molecular weight is 271 g/mol. The van der Waals surface area contributed by atoms with Gasteiger partial charge in [0.1, 0.15) is 0 Å². The molecule has 20 heavy (non-hydrogen) atoms. The van der Waals surface area contributed by atoms with E-state index in [0.717, 1.165) is 5.57 Å². The van der Waals surface area contributed by atoms with E-state index in [9.17, 15) is 9.59 Å². The predicted octanol–water partition coefficient (Wildman–Crippen LogP) is 1.30. The summed E-state index contributed by atoms with van der Waals surface area (Å²) in [6.45, 7) is 4.54. The van der Waals surface area contributed by atoms with E-state index in [4.69, 9.17) is 5.73 Å². The molecule has 3 N–H and O–H groups in total. The van der Waals surface area contributed by atoms with Crippen LogP contribution in [0.4, 0.5) is 5.69 Å². The Bertz CT molecular complexity index is 578.